The van der Waals surface area contributed by atoms with Gasteiger partial charge in [-0.15, -0.1) is 0 Å². The fourth-order valence-corrected chi connectivity index (χ4v) is 5.15. The number of carbonyl (C=O) groups is 2. The van der Waals surface area contributed by atoms with E-state index in [1.54, 1.807) is 0 Å². The van der Waals surface area contributed by atoms with Crippen molar-refractivity contribution >= 4 is 11.6 Å². The molecule has 1 aromatic rings. The molecular formula is C27H35NO3. The monoisotopic (exact) mass is 421 g/mol. The topological polar surface area (TPSA) is 55.4 Å². The van der Waals surface area contributed by atoms with Crippen LogP contribution < -0.4 is 10.1 Å². The van der Waals surface area contributed by atoms with Crippen LogP contribution in [0.3, 0.4) is 0 Å². The third kappa shape index (κ3) is 4.94. The number of hydrogen-bond acceptors (Lipinski definition) is 4. The van der Waals surface area contributed by atoms with Crippen LogP contribution in [0, 0.1) is 0 Å². The second kappa shape index (κ2) is 10.3. The number of dihydropyridines is 1. The standard InChI is InChI=1S/C27H35NO3/c1-2-3-4-5-6-7-18-31-20-16-14-19(15-17-20)25-26-21(10-8-12-23(26)29)28-22-11-9-13-24(30)27(22)25/h14-17,25,28H,2-13,18H2,1H3. The molecule has 0 unspecified atom stereocenters. The quantitative estimate of drug-likeness (QED) is 0.488. The highest BCUT2D eigenvalue weighted by Gasteiger charge is 2.40. The highest BCUT2D eigenvalue weighted by molar-refractivity contribution is 6.06. The Labute approximate surface area is 186 Å². The van der Waals surface area contributed by atoms with E-state index in [2.05, 4.69) is 12.2 Å². The van der Waals surface area contributed by atoms with Crippen LogP contribution in [0.1, 0.15) is 95.5 Å². The van der Waals surface area contributed by atoms with E-state index in [4.69, 9.17) is 4.74 Å². The lowest BCUT2D eigenvalue weighted by molar-refractivity contribution is -0.116. The summed E-state index contributed by atoms with van der Waals surface area (Å²) in [5, 5.41) is 3.47. The summed E-state index contributed by atoms with van der Waals surface area (Å²) >= 11 is 0. The van der Waals surface area contributed by atoms with Crippen molar-refractivity contribution in [1.29, 1.82) is 0 Å². The van der Waals surface area contributed by atoms with E-state index in [0.29, 0.717) is 12.8 Å². The average molecular weight is 422 g/mol. The summed E-state index contributed by atoms with van der Waals surface area (Å²) in [6, 6.07) is 8.09. The number of benzene rings is 1. The molecule has 1 aliphatic heterocycles. The predicted molar refractivity (Wildman–Crippen MR) is 123 cm³/mol. The number of rotatable bonds is 9. The molecule has 2 aliphatic carbocycles. The fraction of sp³-hybridized carbons (Fsp3) is 0.556. The molecule has 0 amide bonds. The molecule has 1 N–H and O–H groups in total. The van der Waals surface area contributed by atoms with Crippen LogP contribution in [0.25, 0.3) is 0 Å². The number of carbonyl (C=O) groups excluding carboxylic acids is 2. The predicted octanol–water partition coefficient (Wildman–Crippen LogP) is 6.13. The van der Waals surface area contributed by atoms with Crippen molar-refractivity contribution in [2.45, 2.75) is 89.9 Å². The Kier molecular flexibility index (Phi) is 7.26. The van der Waals surface area contributed by atoms with E-state index in [1.807, 2.05) is 24.3 Å². The smallest absolute Gasteiger partial charge is 0.161 e. The summed E-state index contributed by atoms with van der Waals surface area (Å²) in [7, 11) is 0. The zero-order valence-electron chi connectivity index (χ0n) is 18.8. The zero-order valence-corrected chi connectivity index (χ0v) is 18.8. The SMILES string of the molecule is CCCCCCCCOc1ccc(C2C3=C(CCCC3=O)NC3=C2C(=O)CCC3)cc1. The molecule has 4 nitrogen and oxygen atoms in total. The van der Waals surface area contributed by atoms with Crippen LogP contribution in [-0.2, 0) is 9.59 Å². The molecule has 0 saturated heterocycles. The Morgan fingerprint density at radius 2 is 1.39 bits per heavy atom. The van der Waals surface area contributed by atoms with Gasteiger partial charge in [-0.2, -0.15) is 0 Å². The Morgan fingerprint density at radius 1 is 0.806 bits per heavy atom. The van der Waals surface area contributed by atoms with Gasteiger partial charge in [0.15, 0.2) is 11.6 Å². The molecule has 0 radical (unpaired) electrons. The van der Waals surface area contributed by atoms with Gasteiger partial charge in [0.25, 0.3) is 0 Å². The van der Waals surface area contributed by atoms with Gasteiger partial charge >= 0.3 is 0 Å². The fourth-order valence-electron chi connectivity index (χ4n) is 5.15. The van der Waals surface area contributed by atoms with Crippen molar-refractivity contribution in [3.05, 3.63) is 52.4 Å². The van der Waals surface area contributed by atoms with Crippen molar-refractivity contribution in [3.8, 4) is 5.75 Å². The van der Waals surface area contributed by atoms with Crippen molar-refractivity contribution in [1.82, 2.24) is 5.32 Å². The largest absolute Gasteiger partial charge is 0.494 e. The lowest BCUT2D eigenvalue weighted by Gasteiger charge is -2.37. The van der Waals surface area contributed by atoms with Gasteiger partial charge in [-0.3, -0.25) is 9.59 Å². The molecule has 0 atom stereocenters. The van der Waals surface area contributed by atoms with E-state index in [1.165, 1.54) is 32.1 Å². The first kappa shape index (κ1) is 21.9. The van der Waals surface area contributed by atoms with E-state index in [0.717, 1.165) is 72.6 Å². The van der Waals surface area contributed by atoms with Crippen molar-refractivity contribution < 1.29 is 14.3 Å². The van der Waals surface area contributed by atoms with Gasteiger partial charge in [-0.05, 0) is 49.8 Å². The Balaban J connectivity index is 1.48. The van der Waals surface area contributed by atoms with Gasteiger partial charge < -0.3 is 10.1 Å². The average Bonchev–Trinajstić information content (AvgIpc) is 2.78. The molecule has 0 saturated carbocycles. The van der Waals surface area contributed by atoms with Crippen LogP contribution in [0.2, 0.25) is 0 Å². The summed E-state index contributed by atoms with van der Waals surface area (Å²) < 4.78 is 5.94. The van der Waals surface area contributed by atoms with Crippen LogP contribution in [0.15, 0.2) is 46.8 Å². The molecule has 0 fully saturated rings. The maximum atomic E-state index is 12.9. The molecule has 3 aliphatic rings. The number of Topliss-reactive ketones (excluding diaryl/α,β-unsaturated/α-hetero) is 2. The summed E-state index contributed by atoms with van der Waals surface area (Å²) in [4.78, 5) is 25.7. The van der Waals surface area contributed by atoms with E-state index in [9.17, 15) is 9.59 Å². The second-order valence-electron chi connectivity index (χ2n) is 9.08. The van der Waals surface area contributed by atoms with Gasteiger partial charge in [0.2, 0.25) is 0 Å². The van der Waals surface area contributed by atoms with Gasteiger partial charge in [-0.1, -0.05) is 51.2 Å². The van der Waals surface area contributed by atoms with Gasteiger partial charge in [-0.25, -0.2) is 0 Å². The number of ketones is 2. The molecular weight excluding hydrogens is 386 g/mol. The lowest BCUT2D eigenvalue weighted by atomic mass is 9.71. The van der Waals surface area contributed by atoms with Crippen LogP contribution in [0.4, 0.5) is 0 Å². The number of nitrogens with one attached hydrogen (secondary N) is 1. The first-order valence-electron chi connectivity index (χ1n) is 12.2. The van der Waals surface area contributed by atoms with E-state index in [-0.39, 0.29) is 17.5 Å². The first-order chi connectivity index (χ1) is 15.2. The molecule has 0 bridgehead atoms. The summed E-state index contributed by atoms with van der Waals surface area (Å²) in [5.41, 5.74) is 4.75. The summed E-state index contributed by atoms with van der Waals surface area (Å²) in [6.45, 7) is 2.97. The minimum Gasteiger partial charge on any atom is -0.494 e. The third-order valence-electron chi connectivity index (χ3n) is 6.77. The molecule has 4 heteroatoms. The summed E-state index contributed by atoms with van der Waals surface area (Å²) in [5.74, 6) is 1.01. The number of allylic oxidation sites excluding steroid dienone is 4. The minimum absolute atomic E-state index is 0.187. The normalized spacial score (nSPS) is 19.3. The maximum absolute atomic E-state index is 12.9. The molecule has 0 aromatic heterocycles. The lowest BCUT2D eigenvalue weighted by Crippen LogP contribution is -2.36. The van der Waals surface area contributed by atoms with Crippen LogP contribution >= 0.6 is 0 Å². The Bertz CT molecular complexity index is 836. The number of hydrogen-bond donors (Lipinski definition) is 1. The van der Waals surface area contributed by atoms with Crippen LogP contribution in [0.5, 0.6) is 5.75 Å². The highest BCUT2D eigenvalue weighted by atomic mass is 16.5. The Hall–Kier alpha value is -2.36. The molecule has 0 spiro atoms. The molecule has 31 heavy (non-hydrogen) atoms. The number of ether oxygens (including phenoxy) is 1. The molecule has 1 heterocycles. The molecule has 1 aromatic carbocycles. The summed E-state index contributed by atoms with van der Waals surface area (Å²) in [6.07, 6.45) is 12.2. The first-order valence-corrected chi connectivity index (χ1v) is 12.2. The molecule has 4 rings (SSSR count). The molecule has 166 valence electrons. The van der Waals surface area contributed by atoms with E-state index >= 15 is 0 Å². The van der Waals surface area contributed by atoms with Gasteiger partial charge in [0.05, 0.1) is 6.61 Å². The maximum Gasteiger partial charge on any atom is 0.161 e. The number of unbranched alkanes of at least 4 members (excludes halogenated alkanes) is 5. The van der Waals surface area contributed by atoms with Crippen molar-refractivity contribution in [2.24, 2.45) is 0 Å². The van der Waals surface area contributed by atoms with Crippen LogP contribution in [-0.4, -0.2) is 18.2 Å². The van der Waals surface area contributed by atoms with Gasteiger partial charge in [0.1, 0.15) is 5.75 Å². The third-order valence-corrected chi connectivity index (χ3v) is 6.77. The van der Waals surface area contributed by atoms with Crippen molar-refractivity contribution in [3.63, 3.8) is 0 Å². The van der Waals surface area contributed by atoms with E-state index < -0.39 is 0 Å². The van der Waals surface area contributed by atoms with Gasteiger partial charge in [0, 0.05) is 41.3 Å². The zero-order chi connectivity index (χ0) is 21.6. The van der Waals surface area contributed by atoms with Crippen molar-refractivity contribution in [2.75, 3.05) is 6.61 Å². The second-order valence-corrected chi connectivity index (χ2v) is 9.08. The highest BCUT2D eigenvalue weighted by Crippen LogP contribution is 2.45. The minimum atomic E-state index is -0.223. The Morgan fingerprint density at radius 3 is 2.00 bits per heavy atom.